The van der Waals surface area contributed by atoms with Gasteiger partial charge in [0, 0.05) is 5.33 Å². The smallest absolute Gasteiger partial charge is 0.405 e. The first kappa shape index (κ1) is 11.0. The number of benzene rings is 1. The predicted octanol–water partition coefficient (Wildman–Crippen LogP) is 2.61. The fourth-order valence-corrected chi connectivity index (χ4v) is 1.62. The van der Waals surface area contributed by atoms with Gasteiger partial charge in [0.15, 0.2) is 0 Å². The number of nitrogens with two attached hydrogens (primary N) is 1. The molecule has 1 amide bonds. The second-order valence-electron chi connectivity index (χ2n) is 2.81. The lowest BCUT2D eigenvalue weighted by molar-refractivity contribution is 0.105. The van der Waals surface area contributed by atoms with Crippen molar-refractivity contribution in [1.82, 2.24) is 0 Å². The molecule has 0 saturated carbocycles. The van der Waals surface area contributed by atoms with Gasteiger partial charge in [0.2, 0.25) is 0 Å². The van der Waals surface area contributed by atoms with Gasteiger partial charge in [0.1, 0.15) is 6.10 Å². The third kappa shape index (κ3) is 3.38. The Labute approximate surface area is 91.4 Å². The quantitative estimate of drug-likeness (QED) is 0.844. The van der Waals surface area contributed by atoms with Crippen molar-refractivity contribution in [3.63, 3.8) is 0 Å². The van der Waals surface area contributed by atoms with Gasteiger partial charge >= 0.3 is 6.09 Å². The first-order valence-corrected chi connectivity index (χ1v) is 5.43. The number of carbonyl (C=O) groups is 1. The zero-order valence-corrected chi connectivity index (χ0v) is 9.24. The Morgan fingerprint density at radius 2 is 2.07 bits per heavy atom. The van der Waals surface area contributed by atoms with Crippen LogP contribution in [0, 0.1) is 0 Å². The molecule has 0 spiro atoms. The lowest BCUT2D eigenvalue weighted by atomic mass is 10.1. The molecule has 14 heavy (non-hydrogen) atoms. The molecule has 0 aliphatic carbocycles. The van der Waals surface area contributed by atoms with Crippen LogP contribution in [0.25, 0.3) is 0 Å². The molecule has 1 aromatic carbocycles. The highest BCUT2D eigenvalue weighted by molar-refractivity contribution is 9.09. The fourth-order valence-electron chi connectivity index (χ4n) is 1.20. The van der Waals surface area contributed by atoms with Crippen LogP contribution in [0.4, 0.5) is 4.79 Å². The van der Waals surface area contributed by atoms with Gasteiger partial charge in [-0.05, 0) is 12.0 Å². The number of primary amides is 1. The van der Waals surface area contributed by atoms with Crippen LogP contribution in [0.5, 0.6) is 0 Å². The fraction of sp³-hybridized carbons (Fsp3) is 0.300. The van der Waals surface area contributed by atoms with Gasteiger partial charge < -0.3 is 10.5 Å². The zero-order chi connectivity index (χ0) is 10.4. The van der Waals surface area contributed by atoms with Crippen LogP contribution in [-0.2, 0) is 4.74 Å². The van der Waals surface area contributed by atoms with Crippen LogP contribution in [0.1, 0.15) is 18.1 Å². The van der Waals surface area contributed by atoms with E-state index < -0.39 is 6.09 Å². The molecule has 1 atom stereocenters. The second kappa shape index (κ2) is 5.65. The van der Waals surface area contributed by atoms with Gasteiger partial charge in [-0.3, -0.25) is 0 Å². The number of ether oxygens (including phenoxy) is 1. The Balaban J connectivity index is 2.72. The maximum absolute atomic E-state index is 10.6. The molecule has 0 fully saturated rings. The molecule has 76 valence electrons. The Morgan fingerprint density at radius 1 is 1.43 bits per heavy atom. The van der Waals surface area contributed by atoms with Crippen LogP contribution in [-0.4, -0.2) is 11.4 Å². The summed E-state index contributed by atoms with van der Waals surface area (Å²) in [4.78, 5) is 10.6. The number of halogens is 1. The molecule has 0 aliphatic rings. The molecule has 3 nitrogen and oxygen atoms in total. The molecule has 0 saturated heterocycles. The highest BCUT2D eigenvalue weighted by Gasteiger charge is 2.13. The van der Waals surface area contributed by atoms with E-state index in [0.29, 0.717) is 6.42 Å². The minimum atomic E-state index is -0.736. The van der Waals surface area contributed by atoms with Gasteiger partial charge in [-0.2, -0.15) is 0 Å². The van der Waals surface area contributed by atoms with Crippen molar-refractivity contribution in [2.45, 2.75) is 12.5 Å². The van der Waals surface area contributed by atoms with Crippen LogP contribution in [0.15, 0.2) is 30.3 Å². The van der Waals surface area contributed by atoms with E-state index in [-0.39, 0.29) is 6.10 Å². The van der Waals surface area contributed by atoms with Crippen molar-refractivity contribution in [2.24, 2.45) is 5.73 Å². The molecule has 4 heteroatoms. The summed E-state index contributed by atoms with van der Waals surface area (Å²) in [7, 11) is 0. The van der Waals surface area contributed by atoms with E-state index in [1.54, 1.807) is 0 Å². The van der Waals surface area contributed by atoms with E-state index in [9.17, 15) is 4.79 Å². The van der Waals surface area contributed by atoms with Crippen molar-refractivity contribution >= 4 is 22.0 Å². The Hall–Kier alpha value is -1.03. The Morgan fingerprint density at radius 3 is 2.57 bits per heavy atom. The lowest BCUT2D eigenvalue weighted by Gasteiger charge is -2.15. The number of hydrogen-bond acceptors (Lipinski definition) is 2. The molecule has 1 aromatic rings. The first-order valence-electron chi connectivity index (χ1n) is 4.31. The molecule has 2 N–H and O–H groups in total. The SMILES string of the molecule is NC(=O)OC(CCBr)c1ccccc1. The van der Waals surface area contributed by atoms with E-state index in [2.05, 4.69) is 15.9 Å². The molecule has 0 radical (unpaired) electrons. The number of alkyl halides is 1. The third-order valence-corrected chi connectivity index (χ3v) is 2.26. The van der Waals surface area contributed by atoms with Gasteiger partial charge in [-0.15, -0.1) is 0 Å². The average molecular weight is 258 g/mol. The second-order valence-corrected chi connectivity index (χ2v) is 3.61. The van der Waals surface area contributed by atoms with Crippen molar-refractivity contribution < 1.29 is 9.53 Å². The molecule has 1 rings (SSSR count). The molecule has 0 aliphatic heterocycles. The van der Waals surface area contributed by atoms with Crippen molar-refractivity contribution in [2.75, 3.05) is 5.33 Å². The van der Waals surface area contributed by atoms with Gasteiger partial charge in [0.05, 0.1) is 0 Å². The largest absolute Gasteiger partial charge is 0.441 e. The number of amides is 1. The van der Waals surface area contributed by atoms with E-state index >= 15 is 0 Å². The van der Waals surface area contributed by atoms with Crippen LogP contribution < -0.4 is 5.73 Å². The number of carbonyl (C=O) groups excluding carboxylic acids is 1. The monoisotopic (exact) mass is 257 g/mol. The Bertz CT molecular complexity index is 289. The van der Waals surface area contributed by atoms with Crippen molar-refractivity contribution in [3.8, 4) is 0 Å². The zero-order valence-electron chi connectivity index (χ0n) is 7.65. The van der Waals surface area contributed by atoms with E-state index in [1.807, 2.05) is 30.3 Å². The van der Waals surface area contributed by atoms with E-state index in [0.717, 1.165) is 10.9 Å². The van der Waals surface area contributed by atoms with Crippen molar-refractivity contribution in [3.05, 3.63) is 35.9 Å². The summed E-state index contributed by atoms with van der Waals surface area (Å²) >= 11 is 3.31. The predicted molar refractivity (Wildman–Crippen MR) is 58.3 cm³/mol. The summed E-state index contributed by atoms with van der Waals surface area (Å²) in [5.41, 5.74) is 5.95. The first-order chi connectivity index (χ1) is 6.74. The molecule has 0 aromatic heterocycles. The summed E-state index contributed by atoms with van der Waals surface area (Å²) in [5.74, 6) is 0. The molecular formula is C10H12BrNO2. The van der Waals surface area contributed by atoms with E-state index in [1.165, 1.54) is 0 Å². The third-order valence-electron chi connectivity index (χ3n) is 1.80. The average Bonchev–Trinajstić information content (AvgIpc) is 2.18. The normalized spacial score (nSPS) is 12.1. The summed E-state index contributed by atoms with van der Waals surface area (Å²) in [6, 6.07) is 9.55. The highest BCUT2D eigenvalue weighted by atomic mass is 79.9. The maximum Gasteiger partial charge on any atom is 0.405 e. The van der Waals surface area contributed by atoms with E-state index in [4.69, 9.17) is 10.5 Å². The lowest BCUT2D eigenvalue weighted by Crippen LogP contribution is -2.17. The van der Waals surface area contributed by atoms with Crippen LogP contribution in [0.2, 0.25) is 0 Å². The highest BCUT2D eigenvalue weighted by Crippen LogP contribution is 2.21. The Kier molecular flexibility index (Phi) is 4.46. The maximum atomic E-state index is 10.6. The minimum absolute atomic E-state index is 0.256. The summed E-state index contributed by atoms with van der Waals surface area (Å²) < 4.78 is 4.99. The van der Waals surface area contributed by atoms with Crippen LogP contribution >= 0.6 is 15.9 Å². The summed E-state index contributed by atoms with van der Waals surface area (Å²) in [6.07, 6.45) is -0.277. The molecule has 0 heterocycles. The van der Waals surface area contributed by atoms with Gasteiger partial charge in [-0.25, -0.2) is 4.79 Å². The standard InChI is InChI=1S/C10H12BrNO2/c11-7-6-9(14-10(12)13)8-4-2-1-3-5-8/h1-5,9H,6-7H2,(H2,12,13). The number of rotatable bonds is 4. The summed E-state index contributed by atoms with van der Waals surface area (Å²) in [5, 5.41) is 0.764. The van der Waals surface area contributed by atoms with Crippen molar-refractivity contribution in [1.29, 1.82) is 0 Å². The minimum Gasteiger partial charge on any atom is -0.441 e. The number of hydrogen-bond donors (Lipinski definition) is 1. The van der Waals surface area contributed by atoms with Gasteiger partial charge in [0.25, 0.3) is 0 Å². The topological polar surface area (TPSA) is 52.3 Å². The molecule has 1 unspecified atom stereocenters. The summed E-state index contributed by atoms with van der Waals surface area (Å²) in [6.45, 7) is 0. The van der Waals surface area contributed by atoms with Gasteiger partial charge in [-0.1, -0.05) is 46.3 Å². The molecular weight excluding hydrogens is 246 g/mol. The van der Waals surface area contributed by atoms with Crippen LogP contribution in [0.3, 0.4) is 0 Å². The molecule has 0 bridgehead atoms.